The Morgan fingerprint density at radius 2 is 0.851 bits per heavy atom. The van der Waals surface area contributed by atoms with Crippen molar-refractivity contribution in [3.63, 3.8) is 0 Å². The molecule has 14 nitrogen and oxygen atoms in total. The maximum atomic E-state index is 13.2. The van der Waals surface area contributed by atoms with Crippen LogP contribution in [0.15, 0.2) is 12.2 Å². The standard InChI is InChI=1S/C60H115NO13/c1-3-5-7-9-11-13-15-17-19-20-21-22-23-24-25-26-27-28-29-30-31-33-35-37-39-41-43-49(64)48(61-52(65)44-42-40-38-36-34-32-18-16-14-12-10-8-6-4-2)47-71-59-57(70)55(68)58(51(46-63)73-59)74-60-56(69)54(67)53(66)50(45-62)72-60/h16,18,48-51,53-60,62-64,66-70H,3-15,17,19-47H2,1-2H3,(H,61,65)/b18-16-. The first-order chi connectivity index (χ1) is 36.1. The molecule has 0 aromatic rings. The molecule has 2 aliphatic rings. The Morgan fingerprint density at radius 3 is 1.28 bits per heavy atom. The summed E-state index contributed by atoms with van der Waals surface area (Å²) in [6.45, 7) is 2.87. The van der Waals surface area contributed by atoms with E-state index < -0.39 is 86.8 Å². The van der Waals surface area contributed by atoms with Crippen LogP contribution in [-0.4, -0.2) is 140 Å². The van der Waals surface area contributed by atoms with Crippen molar-refractivity contribution in [3.8, 4) is 0 Å². The summed E-state index contributed by atoms with van der Waals surface area (Å²) in [5.41, 5.74) is 0. The number of nitrogens with one attached hydrogen (secondary N) is 1. The number of hydrogen-bond acceptors (Lipinski definition) is 13. The number of unbranched alkanes of at least 4 members (excludes halogenated alkanes) is 35. The highest BCUT2D eigenvalue weighted by atomic mass is 16.7. The summed E-state index contributed by atoms with van der Waals surface area (Å²) < 4.78 is 22.8. The lowest BCUT2D eigenvalue weighted by Gasteiger charge is -2.46. The second-order valence-corrected chi connectivity index (χ2v) is 22.2. The van der Waals surface area contributed by atoms with Gasteiger partial charge in [0.2, 0.25) is 5.91 Å². The molecule has 2 fully saturated rings. The molecule has 2 saturated heterocycles. The van der Waals surface area contributed by atoms with Crippen LogP contribution in [0.25, 0.3) is 0 Å². The monoisotopic (exact) mass is 1060 g/mol. The maximum absolute atomic E-state index is 13.2. The Kier molecular flexibility index (Phi) is 43.4. The van der Waals surface area contributed by atoms with Crippen molar-refractivity contribution in [1.82, 2.24) is 5.32 Å². The fraction of sp³-hybridized carbons (Fsp3) is 0.950. The van der Waals surface area contributed by atoms with E-state index in [2.05, 4.69) is 31.3 Å². The van der Waals surface area contributed by atoms with Crippen LogP contribution in [0, 0.1) is 0 Å². The Bertz CT molecular complexity index is 1290. The molecule has 14 heteroatoms. The highest BCUT2D eigenvalue weighted by Crippen LogP contribution is 2.30. The molecule has 12 atom stereocenters. The Hall–Kier alpha value is -1.27. The first kappa shape index (κ1) is 68.8. The summed E-state index contributed by atoms with van der Waals surface area (Å²) in [4.78, 5) is 13.2. The molecular formula is C60H115NO13. The van der Waals surface area contributed by atoms with E-state index in [4.69, 9.17) is 18.9 Å². The minimum Gasteiger partial charge on any atom is -0.394 e. The third kappa shape index (κ3) is 32.0. The van der Waals surface area contributed by atoms with Crippen molar-refractivity contribution in [1.29, 1.82) is 0 Å². The van der Waals surface area contributed by atoms with Gasteiger partial charge in [0.15, 0.2) is 12.6 Å². The fourth-order valence-corrected chi connectivity index (χ4v) is 10.5. The van der Waals surface area contributed by atoms with Crippen LogP contribution < -0.4 is 5.32 Å². The molecule has 438 valence electrons. The predicted molar refractivity (Wildman–Crippen MR) is 295 cm³/mol. The third-order valence-corrected chi connectivity index (χ3v) is 15.5. The normalized spacial score (nSPS) is 25.2. The van der Waals surface area contributed by atoms with Crippen LogP contribution in [0.2, 0.25) is 0 Å². The molecule has 0 aliphatic carbocycles. The number of amides is 1. The molecule has 0 radical (unpaired) electrons. The van der Waals surface area contributed by atoms with Crippen LogP contribution in [0.5, 0.6) is 0 Å². The Balaban J connectivity index is 1.70. The van der Waals surface area contributed by atoms with E-state index in [-0.39, 0.29) is 12.5 Å². The van der Waals surface area contributed by atoms with Gasteiger partial charge in [0.1, 0.15) is 48.8 Å². The van der Waals surface area contributed by atoms with Crippen molar-refractivity contribution in [2.24, 2.45) is 0 Å². The molecule has 0 aromatic heterocycles. The quantitative estimate of drug-likeness (QED) is 0.0204. The van der Waals surface area contributed by atoms with Crippen LogP contribution in [-0.2, 0) is 23.7 Å². The van der Waals surface area contributed by atoms with E-state index in [0.29, 0.717) is 19.3 Å². The number of aliphatic hydroxyl groups excluding tert-OH is 8. The van der Waals surface area contributed by atoms with Gasteiger partial charge in [0.05, 0.1) is 32.0 Å². The Labute approximate surface area is 450 Å². The zero-order valence-electron chi connectivity index (χ0n) is 47.1. The molecule has 2 rings (SSSR count). The minimum atomic E-state index is -1.78. The van der Waals surface area contributed by atoms with Crippen LogP contribution in [0.4, 0.5) is 0 Å². The number of hydrogen-bond donors (Lipinski definition) is 9. The number of carbonyl (C=O) groups excluding carboxylic acids is 1. The summed E-state index contributed by atoms with van der Waals surface area (Å²) in [5, 5.41) is 87.3. The van der Waals surface area contributed by atoms with Crippen molar-refractivity contribution in [2.45, 2.75) is 344 Å². The summed E-state index contributed by atoms with van der Waals surface area (Å²) >= 11 is 0. The second kappa shape index (κ2) is 46.6. The van der Waals surface area contributed by atoms with E-state index in [1.54, 1.807) is 0 Å². The summed E-state index contributed by atoms with van der Waals surface area (Å²) in [5.74, 6) is -0.212. The SMILES string of the molecule is CCCCCCC/C=C\CCCCCCCC(=O)NC(COC1OC(CO)C(OC2OC(CO)C(O)C(O)C2O)C(O)C1O)C(O)CCCCCCCCCCCCCCCCCCCCCCCCCCCC. The third-order valence-electron chi connectivity index (χ3n) is 15.5. The van der Waals surface area contributed by atoms with Crippen molar-refractivity contribution < 1.29 is 64.6 Å². The van der Waals surface area contributed by atoms with Crippen molar-refractivity contribution >= 4 is 5.91 Å². The molecular weight excluding hydrogens is 943 g/mol. The molecule has 74 heavy (non-hydrogen) atoms. The topological polar surface area (TPSA) is 228 Å². The lowest BCUT2D eigenvalue weighted by molar-refractivity contribution is -0.359. The van der Waals surface area contributed by atoms with Crippen molar-refractivity contribution in [2.75, 3.05) is 19.8 Å². The van der Waals surface area contributed by atoms with E-state index in [9.17, 15) is 45.6 Å². The van der Waals surface area contributed by atoms with Gasteiger partial charge in [0, 0.05) is 6.42 Å². The molecule has 1 amide bonds. The lowest BCUT2D eigenvalue weighted by atomic mass is 9.97. The van der Waals surface area contributed by atoms with Gasteiger partial charge in [-0.2, -0.15) is 0 Å². The average molecular weight is 1060 g/mol. The summed E-state index contributed by atoms with van der Waals surface area (Å²) in [6.07, 6.45) is 36.5. The molecule has 9 N–H and O–H groups in total. The smallest absolute Gasteiger partial charge is 0.220 e. The van der Waals surface area contributed by atoms with E-state index in [1.165, 1.54) is 173 Å². The predicted octanol–water partition coefficient (Wildman–Crippen LogP) is 10.7. The van der Waals surface area contributed by atoms with Crippen LogP contribution >= 0.6 is 0 Å². The van der Waals surface area contributed by atoms with Gasteiger partial charge in [0.25, 0.3) is 0 Å². The first-order valence-corrected chi connectivity index (χ1v) is 30.9. The largest absolute Gasteiger partial charge is 0.394 e. The number of allylic oxidation sites excluding steroid dienone is 2. The van der Waals surface area contributed by atoms with Crippen molar-refractivity contribution in [3.05, 3.63) is 12.2 Å². The molecule has 12 unspecified atom stereocenters. The fourth-order valence-electron chi connectivity index (χ4n) is 10.5. The number of aliphatic hydroxyl groups is 8. The van der Waals surface area contributed by atoms with E-state index >= 15 is 0 Å². The molecule has 2 heterocycles. The first-order valence-electron chi connectivity index (χ1n) is 30.9. The Morgan fingerprint density at radius 1 is 0.473 bits per heavy atom. The second-order valence-electron chi connectivity index (χ2n) is 22.2. The number of rotatable bonds is 50. The van der Waals surface area contributed by atoms with Gasteiger partial charge in [-0.05, 0) is 38.5 Å². The molecule has 2 aliphatic heterocycles. The van der Waals surface area contributed by atoms with Crippen LogP contribution in [0.3, 0.4) is 0 Å². The summed E-state index contributed by atoms with van der Waals surface area (Å²) in [7, 11) is 0. The summed E-state index contributed by atoms with van der Waals surface area (Å²) in [6, 6.07) is -0.830. The van der Waals surface area contributed by atoms with Gasteiger partial charge in [-0.15, -0.1) is 0 Å². The number of carbonyl (C=O) groups is 1. The van der Waals surface area contributed by atoms with Gasteiger partial charge in [-0.1, -0.05) is 238 Å². The van der Waals surface area contributed by atoms with Gasteiger partial charge in [-0.3, -0.25) is 4.79 Å². The van der Waals surface area contributed by atoms with Gasteiger partial charge < -0.3 is 65.1 Å². The highest BCUT2D eigenvalue weighted by molar-refractivity contribution is 5.76. The zero-order chi connectivity index (χ0) is 53.9. The van der Waals surface area contributed by atoms with Gasteiger partial charge >= 0.3 is 0 Å². The zero-order valence-corrected chi connectivity index (χ0v) is 47.1. The molecule has 0 aromatic carbocycles. The maximum Gasteiger partial charge on any atom is 0.220 e. The van der Waals surface area contributed by atoms with E-state index in [0.717, 1.165) is 64.2 Å². The molecule has 0 spiro atoms. The number of ether oxygens (including phenoxy) is 4. The van der Waals surface area contributed by atoms with E-state index in [1.807, 2.05) is 0 Å². The minimum absolute atomic E-state index is 0.212. The van der Waals surface area contributed by atoms with Gasteiger partial charge in [-0.25, -0.2) is 0 Å². The molecule has 0 bridgehead atoms. The average Bonchev–Trinajstić information content (AvgIpc) is 3.40. The van der Waals surface area contributed by atoms with Crippen LogP contribution in [0.1, 0.15) is 271 Å². The lowest BCUT2D eigenvalue weighted by Crippen LogP contribution is -2.65. The molecule has 0 saturated carbocycles. The highest BCUT2D eigenvalue weighted by Gasteiger charge is 2.51.